The summed E-state index contributed by atoms with van der Waals surface area (Å²) >= 11 is 0. The highest BCUT2D eigenvalue weighted by Crippen LogP contribution is 2.34. The molecule has 1 aliphatic rings. The van der Waals surface area contributed by atoms with E-state index in [1.807, 2.05) is 66.2 Å². The Morgan fingerprint density at radius 1 is 1.07 bits per heavy atom. The zero-order valence-corrected chi connectivity index (χ0v) is 22.9. The van der Waals surface area contributed by atoms with E-state index in [4.69, 9.17) is 9.15 Å². The van der Waals surface area contributed by atoms with E-state index in [2.05, 4.69) is 31.5 Å². The Kier molecular flexibility index (Phi) is 7.46. The number of hydrogen-bond acceptors (Lipinski definition) is 7. The maximum absolute atomic E-state index is 13.8. The quantitative estimate of drug-likeness (QED) is 0.256. The van der Waals surface area contributed by atoms with Crippen LogP contribution in [0.15, 0.2) is 76.1 Å². The number of pyridine rings is 1. The molecule has 0 saturated heterocycles. The molecule has 9 heteroatoms. The molecule has 1 N–H and O–H groups in total. The number of ether oxygens (including phenoxy) is 1. The van der Waals surface area contributed by atoms with Gasteiger partial charge in [-0.2, -0.15) is 0 Å². The smallest absolute Gasteiger partial charge is 0.253 e. The van der Waals surface area contributed by atoms with E-state index in [0.29, 0.717) is 24.5 Å². The van der Waals surface area contributed by atoms with Crippen LogP contribution in [0.5, 0.6) is 5.75 Å². The fourth-order valence-corrected chi connectivity index (χ4v) is 5.81. The minimum Gasteiger partial charge on any atom is -0.497 e. The molecule has 1 atom stereocenters. The van der Waals surface area contributed by atoms with Gasteiger partial charge in [-0.3, -0.25) is 9.69 Å². The Labute approximate surface area is 232 Å². The average Bonchev–Trinajstić information content (AvgIpc) is 3.67. The van der Waals surface area contributed by atoms with E-state index in [1.165, 1.54) is 6.42 Å². The average molecular weight is 539 g/mol. The van der Waals surface area contributed by atoms with Gasteiger partial charge in [0.25, 0.3) is 5.56 Å². The number of rotatable bonds is 9. The van der Waals surface area contributed by atoms with Crippen LogP contribution in [0, 0.1) is 6.92 Å². The van der Waals surface area contributed by atoms with Gasteiger partial charge < -0.3 is 14.1 Å². The largest absolute Gasteiger partial charge is 0.497 e. The molecule has 1 aliphatic carbocycles. The molecular formula is C31H34N6O3. The fourth-order valence-electron chi connectivity index (χ4n) is 5.81. The van der Waals surface area contributed by atoms with E-state index in [0.717, 1.165) is 59.2 Å². The number of hydrogen-bond donors (Lipinski definition) is 1. The summed E-state index contributed by atoms with van der Waals surface area (Å²) in [5, 5.41) is 14.2. The minimum absolute atomic E-state index is 0.152. The second kappa shape index (κ2) is 11.5. The van der Waals surface area contributed by atoms with E-state index in [9.17, 15) is 4.79 Å². The third kappa shape index (κ3) is 5.42. The van der Waals surface area contributed by atoms with Crippen molar-refractivity contribution < 1.29 is 9.15 Å². The number of benzene rings is 2. The SMILES string of the molecule is COc1ccc(CN(Cc2ccco2)[C@@H](c2cc3ccc(C)cc3[nH]c2=O)c2nnnn2C2CCCCC2)cc1. The Hall–Kier alpha value is -4.24. The summed E-state index contributed by atoms with van der Waals surface area (Å²) in [6.07, 6.45) is 7.24. The number of fused-ring (bicyclic) bond motifs is 1. The number of H-pyrrole nitrogens is 1. The Bertz CT molecular complexity index is 1620. The van der Waals surface area contributed by atoms with E-state index in [-0.39, 0.29) is 11.6 Å². The summed E-state index contributed by atoms with van der Waals surface area (Å²) in [6, 6.07) is 19.6. The number of aromatic nitrogens is 5. The molecule has 0 aliphatic heterocycles. The molecule has 3 heterocycles. The summed E-state index contributed by atoms with van der Waals surface area (Å²) in [4.78, 5) is 19.2. The van der Waals surface area contributed by atoms with Gasteiger partial charge in [-0.15, -0.1) is 5.10 Å². The first-order valence-electron chi connectivity index (χ1n) is 13.9. The summed E-state index contributed by atoms with van der Waals surface area (Å²) in [5.74, 6) is 2.26. The molecule has 40 heavy (non-hydrogen) atoms. The summed E-state index contributed by atoms with van der Waals surface area (Å²) in [6.45, 7) is 3.03. The van der Waals surface area contributed by atoms with Gasteiger partial charge in [0.1, 0.15) is 17.6 Å². The van der Waals surface area contributed by atoms with Crippen molar-refractivity contribution in [3.05, 3.63) is 106 Å². The van der Waals surface area contributed by atoms with Gasteiger partial charge in [-0.25, -0.2) is 4.68 Å². The second-order valence-electron chi connectivity index (χ2n) is 10.7. The van der Waals surface area contributed by atoms with Crippen molar-refractivity contribution >= 4 is 10.9 Å². The highest BCUT2D eigenvalue weighted by Gasteiger charge is 2.33. The van der Waals surface area contributed by atoms with Crippen LogP contribution in [-0.4, -0.2) is 37.2 Å². The van der Waals surface area contributed by atoms with Crippen molar-refractivity contribution in [1.29, 1.82) is 0 Å². The lowest BCUT2D eigenvalue weighted by atomic mass is 9.95. The molecule has 0 amide bonds. The predicted octanol–water partition coefficient (Wildman–Crippen LogP) is 5.72. The maximum atomic E-state index is 13.8. The van der Waals surface area contributed by atoms with Gasteiger partial charge in [0, 0.05) is 17.6 Å². The van der Waals surface area contributed by atoms with Crippen molar-refractivity contribution in [2.45, 2.75) is 64.2 Å². The van der Waals surface area contributed by atoms with Crippen LogP contribution < -0.4 is 10.3 Å². The van der Waals surface area contributed by atoms with E-state index >= 15 is 0 Å². The molecule has 206 valence electrons. The summed E-state index contributed by atoms with van der Waals surface area (Å²) in [5.41, 5.74) is 3.42. The molecule has 1 fully saturated rings. The highest BCUT2D eigenvalue weighted by molar-refractivity contribution is 5.79. The first kappa shape index (κ1) is 26.0. The molecule has 0 radical (unpaired) electrons. The topological polar surface area (TPSA) is 102 Å². The molecule has 0 spiro atoms. The molecule has 0 bridgehead atoms. The molecule has 9 nitrogen and oxygen atoms in total. The van der Waals surface area contributed by atoms with Crippen LogP contribution in [0.1, 0.15) is 72.5 Å². The fraction of sp³-hybridized carbons (Fsp3) is 0.355. The van der Waals surface area contributed by atoms with Gasteiger partial charge in [0.15, 0.2) is 5.82 Å². The van der Waals surface area contributed by atoms with Crippen molar-refractivity contribution in [2.24, 2.45) is 0 Å². The third-order valence-corrected chi connectivity index (χ3v) is 7.86. The van der Waals surface area contributed by atoms with Crippen LogP contribution in [0.25, 0.3) is 10.9 Å². The van der Waals surface area contributed by atoms with Gasteiger partial charge in [0.05, 0.1) is 26.0 Å². The van der Waals surface area contributed by atoms with Crippen LogP contribution in [0.4, 0.5) is 0 Å². The van der Waals surface area contributed by atoms with E-state index in [1.54, 1.807) is 13.4 Å². The van der Waals surface area contributed by atoms with Gasteiger partial charge >= 0.3 is 0 Å². The zero-order chi connectivity index (χ0) is 27.5. The maximum Gasteiger partial charge on any atom is 0.253 e. The number of nitrogens with zero attached hydrogens (tertiary/aromatic N) is 5. The lowest BCUT2D eigenvalue weighted by Crippen LogP contribution is -2.35. The Morgan fingerprint density at radius 3 is 2.65 bits per heavy atom. The molecule has 0 unspecified atom stereocenters. The van der Waals surface area contributed by atoms with Crippen molar-refractivity contribution in [1.82, 2.24) is 30.1 Å². The zero-order valence-electron chi connectivity index (χ0n) is 22.9. The number of aromatic amines is 1. The van der Waals surface area contributed by atoms with Crippen molar-refractivity contribution in [3.63, 3.8) is 0 Å². The lowest BCUT2D eigenvalue weighted by molar-refractivity contribution is 0.173. The molecular weight excluding hydrogens is 504 g/mol. The number of tetrazole rings is 1. The predicted molar refractivity (Wildman–Crippen MR) is 152 cm³/mol. The molecule has 3 aromatic heterocycles. The monoisotopic (exact) mass is 538 g/mol. The van der Waals surface area contributed by atoms with Crippen LogP contribution >= 0.6 is 0 Å². The molecule has 6 rings (SSSR count). The number of aryl methyl sites for hydroxylation is 1. The molecule has 2 aromatic carbocycles. The first-order valence-corrected chi connectivity index (χ1v) is 13.9. The van der Waals surface area contributed by atoms with E-state index < -0.39 is 6.04 Å². The number of methoxy groups -OCH3 is 1. The highest BCUT2D eigenvalue weighted by atomic mass is 16.5. The molecule has 1 saturated carbocycles. The normalized spacial score (nSPS) is 15.1. The first-order chi connectivity index (χ1) is 19.6. The standard InChI is InChI=1S/C31H34N6O3/c1-21-10-13-23-18-27(31(38)32-28(23)17-21)29(30-33-34-35-37(30)24-7-4-3-5-8-24)36(20-26-9-6-16-40-26)19-22-11-14-25(39-2)15-12-22/h6,9-18,24,29H,3-5,7-8,19-20H2,1-2H3,(H,32,38)/t29-/m0/s1. The Balaban J connectivity index is 1.51. The van der Waals surface area contributed by atoms with Crippen LogP contribution in [0.2, 0.25) is 0 Å². The van der Waals surface area contributed by atoms with Crippen molar-refractivity contribution in [2.75, 3.05) is 7.11 Å². The minimum atomic E-state index is -0.515. The summed E-state index contributed by atoms with van der Waals surface area (Å²) in [7, 11) is 1.66. The van der Waals surface area contributed by atoms with Crippen LogP contribution in [0.3, 0.4) is 0 Å². The lowest BCUT2D eigenvalue weighted by Gasteiger charge is -2.32. The van der Waals surface area contributed by atoms with Gasteiger partial charge in [0.2, 0.25) is 0 Å². The third-order valence-electron chi connectivity index (χ3n) is 7.86. The van der Waals surface area contributed by atoms with Gasteiger partial charge in [-0.1, -0.05) is 43.5 Å². The van der Waals surface area contributed by atoms with Crippen molar-refractivity contribution in [3.8, 4) is 5.75 Å². The number of nitrogens with one attached hydrogen (secondary N) is 1. The number of furan rings is 1. The Morgan fingerprint density at radius 2 is 1.90 bits per heavy atom. The second-order valence-corrected chi connectivity index (χ2v) is 10.7. The summed E-state index contributed by atoms with van der Waals surface area (Å²) < 4.78 is 13.1. The molecule has 5 aromatic rings. The van der Waals surface area contributed by atoms with Crippen LogP contribution in [-0.2, 0) is 13.1 Å². The van der Waals surface area contributed by atoms with Gasteiger partial charge in [-0.05, 0) is 83.1 Å².